The van der Waals surface area contributed by atoms with Crippen molar-refractivity contribution in [2.75, 3.05) is 63.4 Å². The smallest absolute Gasteiger partial charge is 0.344 e. The van der Waals surface area contributed by atoms with Crippen LogP contribution in [0.25, 0.3) is 6.08 Å². The van der Waals surface area contributed by atoms with Crippen LogP contribution in [0.3, 0.4) is 0 Å². The molecule has 0 bridgehead atoms. The molecular formula is C27H28BrN3O8S. The minimum absolute atomic E-state index is 0.153. The number of morpholine rings is 1. The number of benzene rings is 2. The number of thioether (sulfide) groups is 1. The van der Waals surface area contributed by atoms with Crippen molar-refractivity contribution in [1.29, 1.82) is 0 Å². The molecule has 0 saturated carbocycles. The molecule has 2 aromatic carbocycles. The van der Waals surface area contributed by atoms with E-state index < -0.39 is 29.6 Å². The second-order valence-electron chi connectivity index (χ2n) is 8.56. The van der Waals surface area contributed by atoms with Crippen LogP contribution in [0.4, 0.5) is 16.2 Å². The van der Waals surface area contributed by atoms with E-state index in [-0.39, 0.29) is 23.9 Å². The summed E-state index contributed by atoms with van der Waals surface area (Å²) in [6.07, 6.45) is 1.53. The van der Waals surface area contributed by atoms with Gasteiger partial charge in [-0.2, -0.15) is 0 Å². The van der Waals surface area contributed by atoms with Gasteiger partial charge in [0.2, 0.25) is 5.91 Å². The molecule has 2 aromatic rings. The average Bonchev–Trinajstić information content (AvgIpc) is 3.20. The van der Waals surface area contributed by atoms with Crippen molar-refractivity contribution in [1.82, 2.24) is 4.90 Å². The van der Waals surface area contributed by atoms with E-state index in [0.29, 0.717) is 47.8 Å². The number of anilines is 2. The van der Waals surface area contributed by atoms with Crippen LogP contribution in [-0.2, 0) is 23.9 Å². The summed E-state index contributed by atoms with van der Waals surface area (Å²) in [5.74, 6) is -0.999. The highest BCUT2D eigenvalue weighted by Crippen LogP contribution is 2.39. The number of hydrogen-bond acceptors (Lipinski definition) is 10. The Kier molecular flexibility index (Phi) is 10.1. The Morgan fingerprint density at radius 3 is 2.65 bits per heavy atom. The lowest BCUT2D eigenvalue weighted by molar-refractivity contribution is -0.145. The Labute approximate surface area is 243 Å². The third-order valence-corrected chi connectivity index (χ3v) is 7.39. The maximum absolute atomic E-state index is 13.1. The molecule has 0 unspecified atom stereocenters. The highest BCUT2D eigenvalue weighted by molar-refractivity contribution is 9.10. The van der Waals surface area contributed by atoms with Crippen LogP contribution in [0.15, 0.2) is 45.8 Å². The molecular weight excluding hydrogens is 606 g/mol. The Bertz CT molecular complexity index is 1330. The van der Waals surface area contributed by atoms with Crippen molar-refractivity contribution in [3.8, 4) is 11.5 Å². The molecule has 4 rings (SSSR count). The highest BCUT2D eigenvalue weighted by atomic mass is 79.9. The van der Waals surface area contributed by atoms with Gasteiger partial charge < -0.3 is 29.2 Å². The fourth-order valence-corrected chi connectivity index (χ4v) is 5.49. The monoisotopic (exact) mass is 633 g/mol. The molecule has 1 N–H and O–H groups in total. The van der Waals surface area contributed by atoms with Crippen LogP contribution < -0.4 is 19.7 Å². The number of esters is 1. The zero-order chi connectivity index (χ0) is 28.6. The molecule has 2 fully saturated rings. The van der Waals surface area contributed by atoms with Gasteiger partial charge in [-0.3, -0.25) is 19.3 Å². The lowest BCUT2D eigenvalue weighted by Crippen LogP contribution is -2.38. The Balaban J connectivity index is 1.44. The summed E-state index contributed by atoms with van der Waals surface area (Å²) >= 11 is 4.14. The minimum atomic E-state index is -0.579. The molecule has 3 amide bonds. The number of para-hydroxylation sites is 2. The van der Waals surface area contributed by atoms with Gasteiger partial charge in [0.15, 0.2) is 18.1 Å². The highest BCUT2D eigenvalue weighted by Gasteiger charge is 2.36. The maximum Gasteiger partial charge on any atom is 0.344 e. The maximum atomic E-state index is 13.1. The fourth-order valence-electron chi connectivity index (χ4n) is 4.08. The van der Waals surface area contributed by atoms with Crippen LogP contribution in [-0.4, -0.2) is 81.1 Å². The fraction of sp³-hybridized carbons (Fsp3) is 0.333. The number of carbonyl (C=O) groups excluding carboxylic acids is 4. The topological polar surface area (TPSA) is 124 Å². The van der Waals surface area contributed by atoms with E-state index in [2.05, 4.69) is 26.1 Å². The molecule has 0 spiro atoms. The van der Waals surface area contributed by atoms with Crippen LogP contribution in [0.2, 0.25) is 0 Å². The molecule has 2 aliphatic heterocycles. The van der Waals surface area contributed by atoms with Crippen LogP contribution in [0, 0.1) is 0 Å². The van der Waals surface area contributed by atoms with E-state index in [0.717, 1.165) is 22.3 Å². The zero-order valence-electron chi connectivity index (χ0n) is 21.9. The van der Waals surface area contributed by atoms with Gasteiger partial charge in [0.25, 0.3) is 11.1 Å². The van der Waals surface area contributed by atoms with Gasteiger partial charge in [0, 0.05) is 13.1 Å². The molecule has 212 valence electrons. The largest absolute Gasteiger partial charge is 0.493 e. The van der Waals surface area contributed by atoms with E-state index in [9.17, 15) is 19.2 Å². The Hall–Kier alpha value is -3.55. The summed E-state index contributed by atoms with van der Waals surface area (Å²) in [4.78, 5) is 53.4. The van der Waals surface area contributed by atoms with Crippen LogP contribution >= 0.6 is 27.7 Å². The van der Waals surface area contributed by atoms with Crippen molar-refractivity contribution in [3.63, 3.8) is 0 Å². The molecule has 13 heteroatoms. The summed E-state index contributed by atoms with van der Waals surface area (Å²) in [6.45, 7) is 3.78. The first-order chi connectivity index (χ1) is 19.3. The molecule has 2 aliphatic rings. The number of carbonyl (C=O) groups is 4. The number of hydrogen-bond donors (Lipinski definition) is 1. The molecule has 0 aliphatic carbocycles. The third-order valence-electron chi connectivity index (χ3n) is 5.89. The van der Waals surface area contributed by atoms with Crippen LogP contribution in [0.5, 0.6) is 11.5 Å². The number of methoxy groups -OCH3 is 1. The number of halogens is 1. The van der Waals surface area contributed by atoms with E-state index in [1.54, 1.807) is 25.1 Å². The Morgan fingerprint density at radius 1 is 1.18 bits per heavy atom. The predicted octanol–water partition coefficient (Wildman–Crippen LogP) is 3.91. The normalized spacial score (nSPS) is 16.3. The van der Waals surface area contributed by atoms with Gasteiger partial charge in [-0.25, -0.2) is 4.79 Å². The average molecular weight is 635 g/mol. The first-order valence-electron chi connectivity index (χ1n) is 12.4. The number of amides is 3. The summed E-state index contributed by atoms with van der Waals surface area (Å²) in [6, 6.07) is 10.6. The third kappa shape index (κ3) is 7.14. The van der Waals surface area contributed by atoms with Crippen molar-refractivity contribution in [2.45, 2.75) is 6.92 Å². The quantitative estimate of drug-likeness (QED) is 0.304. The van der Waals surface area contributed by atoms with Gasteiger partial charge in [-0.1, -0.05) is 12.1 Å². The van der Waals surface area contributed by atoms with Gasteiger partial charge in [-0.05, 0) is 70.5 Å². The lowest BCUT2D eigenvalue weighted by Gasteiger charge is -2.30. The van der Waals surface area contributed by atoms with E-state index in [1.807, 2.05) is 18.2 Å². The SMILES string of the molecule is CCOC(=O)COc1c(Br)cc(/C=C2\SC(=O)N(CC(=O)Nc3ccccc3N3CCOCC3)C2=O)cc1OC. The van der Waals surface area contributed by atoms with E-state index >= 15 is 0 Å². The number of nitrogens with one attached hydrogen (secondary N) is 1. The zero-order valence-corrected chi connectivity index (χ0v) is 24.3. The number of imide groups is 1. The second-order valence-corrected chi connectivity index (χ2v) is 10.4. The molecule has 0 radical (unpaired) electrons. The van der Waals surface area contributed by atoms with E-state index in [4.69, 9.17) is 18.9 Å². The molecule has 2 heterocycles. The van der Waals surface area contributed by atoms with Gasteiger partial charge >= 0.3 is 5.97 Å². The van der Waals surface area contributed by atoms with Gasteiger partial charge in [-0.15, -0.1) is 0 Å². The lowest BCUT2D eigenvalue weighted by atomic mass is 10.2. The Morgan fingerprint density at radius 2 is 1.93 bits per heavy atom. The van der Waals surface area contributed by atoms with Crippen molar-refractivity contribution in [3.05, 3.63) is 51.3 Å². The summed E-state index contributed by atoms with van der Waals surface area (Å²) in [7, 11) is 1.44. The summed E-state index contributed by atoms with van der Waals surface area (Å²) in [5, 5.41) is 2.28. The summed E-state index contributed by atoms with van der Waals surface area (Å²) < 4.78 is 21.7. The molecule has 40 heavy (non-hydrogen) atoms. The minimum Gasteiger partial charge on any atom is -0.493 e. The van der Waals surface area contributed by atoms with Gasteiger partial charge in [0.1, 0.15) is 6.54 Å². The van der Waals surface area contributed by atoms with Crippen molar-refractivity contribution in [2.24, 2.45) is 0 Å². The molecule has 0 aromatic heterocycles. The molecule has 11 nitrogen and oxygen atoms in total. The molecule has 0 atom stereocenters. The van der Waals surface area contributed by atoms with Crippen molar-refractivity contribution < 1.29 is 38.1 Å². The van der Waals surface area contributed by atoms with Crippen LogP contribution in [0.1, 0.15) is 12.5 Å². The number of ether oxygens (including phenoxy) is 4. The first kappa shape index (κ1) is 29.4. The summed E-state index contributed by atoms with van der Waals surface area (Å²) in [5.41, 5.74) is 1.99. The van der Waals surface area contributed by atoms with Crippen molar-refractivity contribution >= 4 is 68.2 Å². The molecule has 2 saturated heterocycles. The number of rotatable bonds is 10. The van der Waals surface area contributed by atoms with Gasteiger partial charge in [0.05, 0.1) is 47.7 Å². The van der Waals surface area contributed by atoms with E-state index in [1.165, 1.54) is 13.2 Å². The first-order valence-corrected chi connectivity index (χ1v) is 14.0. The predicted molar refractivity (Wildman–Crippen MR) is 154 cm³/mol. The second kappa shape index (κ2) is 13.7. The standard InChI is InChI=1S/C27H28BrN3O8S/c1-3-38-24(33)16-39-25-18(28)12-17(13-21(25)36-2)14-22-26(34)31(27(35)40-22)15-23(32)29-19-6-4-5-7-20(19)30-8-10-37-11-9-30/h4-7,12-14H,3,8-11,15-16H2,1-2H3,(H,29,32)/b22-14-. The number of nitrogens with zero attached hydrogens (tertiary/aromatic N) is 2.